The number of benzene rings is 1. The Morgan fingerprint density at radius 1 is 0.958 bits per heavy atom. The highest BCUT2D eigenvalue weighted by Crippen LogP contribution is 2.24. The average Bonchev–Trinajstić information content (AvgIpc) is 2.58. The topological polar surface area (TPSA) is 15.7 Å². The van der Waals surface area contributed by atoms with Gasteiger partial charge in [-0.15, -0.1) is 0 Å². The van der Waals surface area contributed by atoms with Crippen LogP contribution < -0.4 is 4.74 Å². The van der Waals surface area contributed by atoms with Gasteiger partial charge in [-0.2, -0.15) is 0 Å². The number of hydrogen-bond donors (Lipinski definition) is 0. The highest BCUT2D eigenvalue weighted by Gasteiger charge is 2.26. The molecule has 134 valence electrons. The standard InChI is InChI=1S/C21H34N2O/c1-17(2)24-21-6-4-19(5-7-21)16-22-12-10-20(11-13-22)23-14-8-18(3)9-15-23/h4-7,17-18,20H,8-16H2,1-3H3. The number of rotatable bonds is 5. The van der Waals surface area contributed by atoms with Crippen molar-refractivity contribution in [1.29, 1.82) is 0 Å². The van der Waals surface area contributed by atoms with Crippen LogP contribution in [-0.4, -0.2) is 48.1 Å². The van der Waals surface area contributed by atoms with Crippen LogP contribution in [0.2, 0.25) is 0 Å². The lowest BCUT2D eigenvalue weighted by Crippen LogP contribution is -2.47. The van der Waals surface area contributed by atoms with E-state index in [0.717, 1.165) is 24.3 Å². The molecule has 2 aliphatic heterocycles. The van der Waals surface area contributed by atoms with E-state index in [0.29, 0.717) is 0 Å². The van der Waals surface area contributed by atoms with Crippen LogP contribution in [0.3, 0.4) is 0 Å². The molecule has 2 aliphatic rings. The minimum absolute atomic E-state index is 0.243. The highest BCUT2D eigenvalue weighted by atomic mass is 16.5. The molecular formula is C21H34N2O. The molecule has 0 unspecified atom stereocenters. The predicted molar refractivity (Wildman–Crippen MR) is 100 cm³/mol. The Labute approximate surface area is 148 Å². The normalized spacial score (nSPS) is 22.2. The molecule has 0 aliphatic carbocycles. The van der Waals surface area contributed by atoms with Crippen molar-refractivity contribution in [3.63, 3.8) is 0 Å². The van der Waals surface area contributed by atoms with Gasteiger partial charge in [0.05, 0.1) is 6.10 Å². The Morgan fingerprint density at radius 2 is 1.58 bits per heavy atom. The van der Waals surface area contributed by atoms with Gasteiger partial charge in [0, 0.05) is 12.6 Å². The van der Waals surface area contributed by atoms with Crippen LogP contribution in [0.15, 0.2) is 24.3 Å². The molecule has 2 saturated heterocycles. The Kier molecular flexibility index (Phi) is 6.18. The van der Waals surface area contributed by atoms with Gasteiger partial charge in [-0.05, 0) is 89.3 Å². The third-order valence-corrected chi connectivity index (χ3v) is 5.59. The monoisotopic (exact) mass is 330 g/mol. The summed E-state index contributed by atoms with van der Waals surface area (Å²) < 4.78 is 5.73. The van der Waals surface area contributed by atoms with Gasteiger partial charge in [0.2, 0.25) is 0 Å². The van der Waals surface area contributed by atoms with Gasteiger partial charge in [-0.25, -0.2) is 0 Å². The van der Waals surface area contributed by atoms with Crippen molar-refractivity contribution < 1.29 is 4.74 Å². The summed E-state index contributed by atoms with van der Waals surface area (Å²) in [5.41, 5.74) is 1.40. The van der Waals surface area contributed by atoms with Crippen LogP contribution in [0.4, 0.5) is 0 Å². The molecule has 0 bridgehead atoms. The summed E-state index contributed by atoms with van der Waals surface area (Å²) in [6.45, 7) is 12.7. The molecule has 2 fully saturated rings. The number of ether oxygens (including phenoxy) is 1. The number of piperidine rings is 2. The fourth-order valence-corrected chi connectivity index (χ4v) is 4.04. The largest absolute Gasteiger partial charge is 0.491 e. The molecule has 24 heavy (non-hydrogen) atoms. The molecule has 1 aromatic rings. The first-order valence-electron chi connectivity index (χ1n) is 9.82. The van der Waals surface area contributed by atoms with Gasteiger partial charge in [0.25, 0.3) is 0 Å². The minimum Gasteiger partial charge on any atom is -0.491 e. The second kappa shape index (κ2) is 8.35. The molecule has 0 atom stereocenters. The van der Waals surface area contributed by atoms with E-state index in [-0.39, 0.29) is 6.10 Å². The van der Waals surface area contributed by atoms with Crippen molar-refractivity contribution in [3.05, 3.63) is 29.8 Å². The van der Waals surface area contributed by atoms with Gasteiger partial charge in [0.15, 0.2) is 0 Å². The number of likely N-dealkylation sites (tertiary alicyclic amines) is 2. The number of nitrogens with zero attached hydrogens (tertiary/aromatic N) is 2. The minimum atomic E-state index is 0.243. The van der Waals surface area contributed by atoms with Crippen LogP contribution in [0.1, 0.15) is 52.0 Å². The van der Waals surface area contributed by atoms with E-state index in [4.69, 9.17) is 4.74 Å². The van der Waals surface area contributed by atoms with E-state index in [1.54, 1.807) is 0 Å². The van der Waals surface area contributed by atoms with Gasteiger partial charge in [0.1, 0.15) is 5.75 Å². The molecular weight excluding hydrogens is 296 g/mol. The lowest BCUT2D eigenvalue weighted by atomic mass is 9.95. The third kappa shape index (κ3) is 4.97. The second-order valence-electron chi connectivity index (χ2n) is 8.04. The van der Waals surface area contributed by atoms with E-state index in [1.165, 1.54) is 57.4 Å². The van der Waals surface area contributed by atoms with E-state index >= 15 is 0 Å². The van der Waals surface area contributed by atoms with Crippen LogP contribution >= 0.6 is 0 Å². The Bertz CT molecular complexity index is 483. The van der Waals surface area contributed by atoms with Gasteiger partial charge >= 0.3 is 0 Å². The van der Waals surface area contributed by atoms with E-state index in [2.05, 4.69) is 54.8 Å². The summed E-state index contributed by atoms with van der Waals surface area (Å²) in [4.78, 5) is 5.37. The summed E-state index contributed by atoms with van der Waals surface area (Å²) in [6.07, 6.45) is 5.70. The summed E-state index contributed by atoms with van der Waals surface area (Å²) in [7, 11) is 0. The Hall–Kier alpha value is -1.06. The van der Waals surface area contributed by atoms with Crippen molar-refractivity contribution >= 4 is 0 Å². The molecule has 0 amide bonds. The lowest BCUT2D eigenvalue weighted by Gasteiger charge is -2.41. The first kappa shape index (κ1) is 17.8. The Morgan fingerprint density at radius 3 is 2.17 bits per heavy atom. The smallest absolute Gasteiger partial charge is 0.119 e. The van der Waals surface area contributed by atoms with Crippen LogP contribution in [-0.2, 0) is 6.54 Å². The predicted octanol–water partition coefficient (Wildman–Crippen LogP) is 4.17. The van der Waals surface area contributed by atoms with E-state index in [1.807, 2.05) is 0 Å². The Balaban J connectivity index is 1.43. The van der Waals surface area contributed by atoms with Crippen molar-refractivity contribution in [3.8, 4) is 5.75 Å². The van der Waals surface area contributed by atoms with Gasteiger partial charge < -0.3 is 9.64 Å². The van der Waals surface area contributed by atoms with Crippen molar-refractivity contribution in [2.45, 2.75) is 65.1 Å². The first-order chi connectivity index (χ1) is 11.6. The SMILES string of the molecule is CC1CCN(C2CCN(Cc3ccc(OC(C)C)cc3)CC2)CC1. The zero-order valence-electron chi connectivity index (χ0n) is 15.7. The molecule has 0 aromatic heterocycles. The molecule has 0 N–H and O–H groups in total. The van der Waals surface area contributed by atoms with Crippen molar-refractivity contribution in [2.24, 2.45) is 5.92 Å². The molecule has 0 spiro atoms. The highest BCUT2D eigenvalue weighted by molar-refractivity contribution is 5.27. The summed E-state index contributed by atoms with van der Waals surface area (Å²) in [5.74, 6) is 1.91. The zero-order valence-corrected chi connectivity index (χ0v) is 15.7. The van der Waals surface area contributed by atoms with E-state index in [9.17, 15) is 0 Å². The fourth-order valence-electron chi connectivity index (χ4n) is 4.04. The van der Waals surface area contributed by atoms with Crippen LogP contribution in [0.5, 0.6) is 5.75 Å². The van der Waals surface area contributed by atoms with Gasteiger partial charge in [-0.1, -0.05) is 19.1 Å². The van der Waals surface area contributed by atoms with Gasteiger partial charge in [-0.3, -0.25) is 4.90 Å². The molecule has 2 heterocycles. The number of hydrogen-bond acceptors (Lipinski definition) is 3. The quantitative estimate of drug-likeness (QED) is 0.806. The second-order valence-corrected chi connectivity index (χ2v) is 8.04. The van der Waals surface area contributed by atoms with Crippen molar-refractivity contribution in [2.75, 3.05) is 26.2 Å². The molecule has 3 heteroatoms. The summed E-state index contributed by atoms with van der Waals surface area (Å²) in [5, 5.41) is 0. The lowest BCUT2D eigenvalue weighted by molar-refractivity contribution is 0.0779. The van der Waals surface area contributed by atoms with Crippen LogP contribution in [0.25, 0.3) is 0 Å². The molecule has 0 saturated carbocycles. The first-order valence-corrected chi connectivity index (χ1v) is 9.82. The summed E-state index contributed by atoms with van der Waals surface area (Å²) >= 11 is 0. The molecule has 3 nitrogen and oxygen atoms in total. The molecule has 3 rings (SSSR count). The van der Waals surface area contributed by atoms with E-state index < -0.39 is 0 Å². The fraction of sp³-hybridized carbons (Fsp3) is 0.714. The van der Waals surface area contributed by atoms with Crippen molar-refractivity contribution in [1.82, 2.24) is 9.80 Å². The maximum absolute atomic E-state index is 5.73. The molecule has 0 radical (unpaired) electrons. The average molecular weight is 331 g/mol. The summed E-state index contributed by atoms with van der Waals surface area (Å²) in [6, 6.07) is 9.48. The zero-order chi connectivity index (χ0) is 16.9. The maximum atomic E-state index is 5.73. The maximum Gasteiger partial charge on any atom is 0.119 e. The molecule has 1 aromatic carbocycles. The van der Waals surface area contributed by atoms with Crippen LogP contribution in [0, 0.1) is 5.92 Å². The third-order valence-electron chi connectivity index (χ3n) is 5.59.